The van der Waals surface area contributed by atoms with E-state index in [0.29, 0.717) is 5.69 Å². The predicted octanol–water partition coefficient (Wildman–Crippen LogP) is 6.86. The van der Waals surface area contributed by atoms with Crippen molar-refractivity contribution in [2.75, 3.05) is 11.9 Å². The summed E-state index contributed by atoms with van der Waals surface area (Å²) in [6, 6.07) is 14.3. The molecule has 0 saturated heterocycles. The number of hydrogen-bond acceptors (Lipinski definition) is 3. The maximum atomic E-state index is 13.4. The first-order valence-corrected chi connectivity index (χ1v) is 9.80. The highest BCUT2D eigenvalue weighted by atomic mass is 19.1. The van der Waals surface area contributed by atoms with Crippen molar-refractivity contribution in [3.63, 3.8) is 0 Å². The Labute approximate surface area is 160 Å². The van der Waals surface area contributed by atoms with Crippen LogP contribution in [0.15, 0.2) is 54.7 Å². The van der Waals surface area contributed by atoms with Gasteiger partial charge in [0.25, 0.3) is 0 Å². The Hall–Kier alpha value is -2.62. The lowest BCUT2D eigenvalue weighted by atomic mass is 10.1. The summed E-state index contributed by atoms with van der Waals surface area (Å²) in [4.78, 5) is 4.45. The van der Waals surface area contributed by atoms with E-state index >= 15 is 0 Å². The summed E-state index contributed by atoms with van der Waals surface area (Å²) in [5.41, 5.74) is 2.47. The third kappa shape index (κ3) is 5.68. The van der Waals surface area contributed by atoms with Gasteiger partial charge < -0.3 is 10.1 Å². The first kappa shape index (κ1) is 19.2. The van der Waals surface area contributed by atoms with E-state index in [4.69, 9.17) is 4.74 Å². The van der Waals surface area contributed by atoms with Crippen molar-refractivity contribution in [1.29, 1.82) is 0 Å². The van der Waals surface area contributed by atoms with E-state index in [1.165, 1.54) is 44.2 Å². The van der Waals surface area contributed by atoms with E-state index in [0.717, 1.165) is 35.4 Å². The standard InChI is InChI=1S/C23H27FN2O/c1-2-3-4-5-6-7-15-27-20-11-12-21-22(13-14-25-23(21)17-20)26-19-10-8-9-18(24)16-19/h8-14,16-17H,2-7,15H2,1H3,(H,25,26). The molecular formula is C23H27FN2O. The van der Waals surface area contributed by atoms with Crippen LogP contribution >= 0.6 is 0 Å². The van der Waals surface area contributed by atoms with Crippen molar-refractivity contribution in [3.8, 4) is 5.75 Å². The van der Waals surface area contributed by atoms with Gasteiger partial charge in [0.1, 0.15) is 11.6 Å². The zero-order chi connectivity index (χ0) is 18.9. The van der Waals surface area contributed by atoms with E-state index in [1.54, 1.807) is 12.3 Å². The average Bonchev–Trinajstić information content (AvgIpc) is 2.67. The molecular weight excluding hydrogens is 339 g/mol. The molecule has 27 heavy (non-hydrogen) atoms. The van der Waals surface area contributed by atoms with Gasteiger partial charge in [0.15, 0.2) is 0 Å². The highest BCUT2D eigenvalue weighted by Gasteiger charge is 2.05. The van der Waals surface area contributed by atoms with Crippen molar-refractivity contribution in [2.45, 2.75) is 45.4 Å². The molecule has 142 valence electrons. The fourth-order valence-electron chi connectivity index (χ4n) is 3.12. The summed E-state index contributed by atoms with van der Waals surface area (Å²) in [6.07, 6.45) is 9.24. The molecule has 3 nitrogen and oxygen atoms in total. The van der Waals surface area contributed by atoms with Crippen LogP contribution in [0.2, 0.25) is 0 Å². The number of pyridine rings is 1. The van der Waals surface area contributed by atoms with Gasteiger partial charge in [-0.25, -0.2) is 4.39 Å². The first-order valence-electron chi connectivity index (χ1n) is 9.80. The molecule has 0 saturated carbocycles. The van der Waals surface area contributed by atoms with Crippen molar-refractivity contribution >= 4 is 22.3 Å². The van der Waals surface area contributed by atoms with Crippen LogP contribution in [0.1, 0.15) is 45.4 Å². The monoisotopic (exact) mass is 366 g/mol. The molecule has 1 aromatic heterocycles. The molecule has 1 N–H and O–H groups in total. The number of hydrogen-bond donors (Lipinski definition) is 1. The van der Waals surface area contributed by atoms with Crippen LogP contribution in [-0.4, -0.2) is 11.6 Å². The summed E-state index contributed by atoms with van der Waals surface area (Å²) >= 11 is 0. The minimum absolute atomic E-state index is 0.260. The molecule has 0 spiro atoms. The number of benzene rings is 2. The Bertz CT molecular complexity index is 866. The third-order valence-corrected chi connectivity index (χ3v) is 4.58. The lowest BCUT2D eigenvalue weighted by Gasteiger charge is -2.11. The van der Waals surface area contributed by atoms with Gasteiger partial charge in [0.05, 0.1) is 12.1 Å². The van der Waals surface area contributed by atoms with E-state index < -0.39 is 0 Å². The molecule has 0 atom stereocenters. The lowest BCUT2D eigenvalue weighted by Crippen LogP contribution is -1.98. The average molecular weight is 366 g/mol. The summed E-state index contributed by atoms with van der Waals surface area (Å²) in [7, 11) is 0. The summed E-state index contributed by atoms with van der Waals surface area (Å²) < 4.78 is 19.3. The molecule has 0 unspecified atom stereocenters. The zero-order valence-corrected chi connectivity index (χ0v) is 15.9. The number of nitrogens with one attached hydrogen (secondary N) is 1. The maximum Gasteiger partial charge on any atom is 0.125 e. The molecule has 1 heterocycles. The van der Waals surface area contributed by atoms with E-state index in [2.05, 4.69) is 17.2 Å². The van der Waals surface area contributed by atoms with Gasteiger partial charge >= 0.3 is 0 Å². The molecule has 2 aromatic carbocycles. The number of unbranched alkanes of at least 4 members (excludes halogenated alkanes) is 5. The number of ether oxygens (including phenoxy) is 1. The SMILES string of the molecule is CCCCCCCCOc1ccc2c(Nc3cccc(F)c3)ccnc2c1. The Balaban J connectivity index is 1.61. The van der Waals surface area contributed by atoms with E-state index in [1.807, 2.05) is 30.3 Å². The molecule has 0 radical (unpaired) electrons. The second kappa shape index (κ2) is 9.91. The van der Waals surface area contributed by atoms with Gasteiger partial charge in [-0.05, 0) is 42.8 Å². The van der Waals surface area contributed by atoms with E-state index in [9.17, 15) is 4.39 Å². The molecule has 0 aliphatic rings. The van der Waals surface area contributed by atoms with Crippen molar-refractivity contribution in [1.82, 2.24) is 4.98 Å². The fraction of sp³-hybridized carbons (Fsp3) is 0.348. The highest BCUT2D eigenvalue weighted by molar-refractivity contribution is 5.93. The predicted molar refractivity (Wildman–Crippen MR) is 110 cm³/mol. The summed E-state index contributed by atoms with van der Waals surface area (Å²) in [5.74, 6) is 0.579. The summed E-state index contributed by atoms with van der Waals surface area (Å²) in [5, 5.41) is 4.24. The van der Waals surface area contributed by atoms with Crippen molar-refractivity contribution in [3.05, 3.63) is 60.5 Å². The fourth-order valence-corrected chi connectivity index (χ4v) is 3.12. The van der Waals surface area contributed by atoms with Crippen molar-refractivity contribution in [2.24, 2.45) is 0 Å². The quantitative estimate of drug-likeness (QED) is 0.398. The zero-order valence-electron chi connectivity index (χ0n) is 15.9. The van der Waals surface area contributed by atoms with Crippen LogP contribution in [-0.2, 0) is 0 Å². The van der Waals surface area contributed by atoms with Crippen LogP contribution in [0.5, 0.6) is 5.75 Å². The van der Waals surface area contributed by atoms with Gasteiger partial charge in [-0.1, -0.05) is 45.1 Å². The molecule has 3 aromatic rings. The third-order valence-electron chi connectivity index (χ3n) is 4.58. The van der Waals surface area contributed by atoms with Gasteiger partial charge in [-0.3, -0.25) is 4.98 Å². The number of rotatable bonds is 10. The van der Waals surface area contributed by atoms with Crippen LogP contribution < -0.4 is 10.1 Å². The van der Waals surface area contributed by atoms with E-state index in [-0.39, 0.29) is 5.82 Å². The maximum absolute atomic E-state index is 13.4. The van der Waals surface area contributed by atoms with Crippen LogP contribution in [0, 0.1) is 5.82 Å². The molecule has 0 fully saturated rings. The van der Waals surface area contributed by atoms with Gasteiger partial charge in [0, 0.05) is 29.0 Å². The highest BCUT2D eigenvalue weighted by Crippen LogP contribution is 2.28. The Morgan fingerprint density at radius 2 is 1.81 bits per heavy atom. The van der Waals surface area contributed by atoms with Gasteiger partial charge in [-0.15, -0.1) is 0 Å². The molecule has 4 heteroatoms. The Morgan fingerprint density at radius 3 is 2.67 bits per heavy atom. The van der Waals surface area contributed by atoms with Crippen molar-refractivity contribution < 1.29 is 9.13 Å². The number of nitrogens with zero attached hydrogens (tertiary/aromatic N) is 1. The Morgan fingerprint density at radius 1 is 0.963 bits per heavy atom. The van der Waals surface area contributed by atoms with Crippen LogP contribution in [0.25, 0.3) is 10.9 Å². The number of fused-ring (bicyclic) bond motifs is 1. The summed E-state index contributed by atoms with van der Waals surface area (Å²) in [6.45, 7) is 2.97. The second-order valence-electron chi connectivity index (χ2n) is 6.79. The second-order valence-corrected chi connectivity index (χ2v) is 6.79. The largest absolute Gasteiger partial charge is 0.494 e. The number of anilines is 2. The molecule has 0 aliphatic heterocycles. The molecule has 0 amide bonds. The molecule has 0 bridgehead atoms. The molecule has 0 aliphatic carbocycles. The van der Waals surface area contributed by atoms with Crippen LogP contribution in [0.4, 0.5) is 15.8 Å². The number of halogens is 1. The topological polar surface area (TPSA) is 34.1 Å². The minimum atomic E-state index is -0.260. The molecule has 3 rings (SSSR count). The number of aromatic nitrogens is 1. The normalized spacial score (nSPS) is 10.9. The Kier molecular flexibility index (Phi) is 7.03. The lowest BCUT2D eigenvalue weighted by molar-refractivity contribution is 0.304. The first-order chi connectivity index (χ1) is 13.3. The van der Waals surface area contributed by atoms with Crippen LogP contribution in [0.3, 0.4) is 0 Å². The smallest absolute Gasteiger partial charge is 0.125 e. The minimum Gasteiger partial charge on any atom is -0.494 e. The van der Waals surface area contributed by atoms with Gasteiger partial charge in [0.2, 0.25) is 0 Å². The van der Waals surface area contributed by atoms with Gasteiger partial charge in [-0.2, -0.15) is 0 Å².